The zero-order chi connectivity index (χ0) is 33.1. The Balaban J connectivity index is 1.14. The van der Waals surface area contributed by atoms with Gasteiger partial charge >= 0.3 is 0 Å². The quantitative estimate of drug-likeness (QED) is 0.185. The first-order chi connectivity index (χ1) is 24.5. The van der Waals surface area contributed by atoms with Crippen LogP contribution >= 0.6 is 11.3 Å². The van der Waals surface area contributed by atoms with Crippen molar-refractivity contribution in [2.45, 2.75) is 19.3 Å². The van der Waals surface area contributed by atoms with Gasteiger partial charge in [0.2, 0.25) is 0 Å². The van der Waals surface area contributed by atoms with Gasteiger partial charge in [0.25, 0.3) is 0 Å². The summed E-state index contributed by atoms with van der Waals surface area (Å²) in [7, 11) is 0. The zero-order valence-corrected chi connectivity index (χ0v) is 28.5. The van der Waals surface area contributed by atoms with Crippen molar-refractivity contribution in [3.05, 3.63) is 163 Å². The van der Waals surface area contributed by atoms with Crippen LogP contribution in [0.5, 0.6) is 0 Å². The summed E-state index contributed by atoms with van der Waals surface area (Å²) in [6.45, 7) is 4.77. The number of nitrogens with zero attached hydrogens (tertiary/aromatic N) is 1. The van der Waals surface area contributed by atoms with Gasteiger partial charge in [0, 0.05) is 58.6 Å². The van der Waals surface area contributed by atoms with Crippen LogP contribution in [0.15, 0.2) is 156 Å². The van der Waals surface area contributed by atoms with Gasteiger partial charge in [0.1, 0.15) is 11.3 Å². The van der Waals surface area contributed by atoms with E-state index in [1.807, 2.05) is 23.5 Å². The van der Waals surface area contributed by atoms with Gasteiger partial charge in [-0.25, -0.2) is 0 Å². The van der Waals surface area contributed by atoms with Crippen molar-refractivity contribution in [2.75, 3.05) is 0 Å². The fourth-order valence-electron chi connectivity index (χ4n) is 8.52. The van der Waals surface area contributed by atoms with Crippen LogP contribution in [0.4, 0.5) is 0 Å². The van der Waals surface area contributed by atoms with E-state index < -0.39 is 0 Å². The monoisotopic (exact) mass is 657 g/mol. The van der Waals surface area contributed by atoms with Gasteiger partial charge in [-0.2, -0.15) is 0 Å². The molecule has 236 valence electrons. The number of hydrogen-bond acceptors (Lipinski definition) is 2. The Morgan fingerprint density at radius 2 is 1.28 bits per heavy atom. The third kappa shape index (κ3) is 3.84. The van der Waals surface area contributed by atoms with Gasteiger partial charge in [-0.05, 0) is 88.5 Å². The van der Waals surface area contributed by atoms with Gasteiger partial charge < -0.3 is 8.98 Å². The highest BCUT2D eigenvalue weighted by Gasteiger charge is 2.37. The molecule has 0 radical (unpaired) electrons. The molecule has 2 nitrogen and oxygen atoms in total. The van der Waals surface area contributed by atoms with Crippen molar-refractivity contribution in [1.29, 1.82) is 0 Å². The highest BCUT2D eigenvalue weighted by Crippen LogP contribution is 2.54. The second-order valence-electron chi connectivity index (χ2n) is 14.1. The van der Waals surface area contributed by atoms with Crippen LogP contribution in [-0.4, -0.2) is 4.57 Å². The molecule has 1 aliphatic carbocycles. The van der Waals surface area contributed by atoms with Crippen LogP contribution < -0.4 is 0 Å². The molecule has 50 heavy (non-hydrogen) atoms. The lowest BCUT2D eigenvalue weighted by Crippen LogP contribution is -2.15. The van der Waals surface area contributed by atoms with E-state index in [0.29, 0.717) is 0 Å². The van der Waals surface area contributed by atoms with E-state index >= 15 is 0 Å². The third-order valence-corrected chi connectivity index (χ3v) is 12.2. The number of hydrogen-bond donors (Lipinski definition) is 0. The summed E-state index contributed by atoms with van der Waals surface area (Å²) in [4.78, 5) is 0. The van der Waals surface area contributed by atoms with E-state index in [9.17, 15) is 0 Å². The zero-order valence-electron chi connectivity index (χ0n) is 27.7. The lowest BCUT2D eigenvalue weighted by molar-refractivity contribution is 0.631. The number of thiophene rings is 1. The number of benzene rings is 7. The summed E-state index contributed by atoms with van der Waals surface area (Å²) in [6.07, 6.45) is 0. The number of aromatic nitrogens is 1. The first kappa shape index (κ1) is 28.0. The Morgan fingerprint density at radius 1 is 0.540 bits per heavy atom. The number of rotatable bonds is 3. The smallest absolute Gasteiger partial charge is 0.135 e. The maximum atomic E-state index is 6.35. The lowest BCUT2D eigenvalue weighted by Gasteiger charge is -2.22. The Labute approximate surface area is 293 Å². The van der Waals surface area contributed by atoms with E-state index in [1.54, 1.807) is 0 Å². The molecule has 0 fully saturated rings. The van der Waals surface area contributed by atoms with Crippen molar-refractivity contribution in [3.8, 4) is 39.3 Å². The van der Waals surface area contributed by atoms with Gasteiger partial charge in [0.05, 0.1) is 11.0 Å². The van der Waals surface area contributed by atoms with Crippen molar-refractivity contribution in [3.63, 3.8) is 0 Å². The lowest BCUT2D eigenvalue weighted by atomic mass is 9.82. The van der Waals surface area contributed by atoms with Crippen LogP contribution in [0.2, 0.25) is 0 Å². The molecule has 0 saturated carbocycles. The minimum Gasteiger partial charge on any atom is -0.456 e. The fourth-order valence-corrected chi connectivity index (χ4v) is 9.78. The molecular weight excluding hydrogens is 627 g/mol. The van der Waals surface area contributed by atoms with Crippen LogP contribution in [0.3, 0.4) is 0 Å². The molecule has 0 bridgehead atoms. The number of fused-ring (bicyclic) bond motifs is 11. The summed E-state index contributed by atoms with van der Waals surface area (Å²) < 4.78 is 11.5. The maximum Gasteiger partial charge on any atom is 0.135 e. The molecular formula is C47H31NOS. The average Bonchev–Trinajstić information content (AvgIpc) is 3.90. The second kappa shape index (κ2) is 10.1. The van der Waals surface area contributed by atoms with Crippen LogP contribution in [0.1, 0.15) is 25.0 Å². The largest absolute Gasteiger partial charge is 0.456 e. The molecule has 3 heteroatoms. The molecule has 3 aromatic heterocycles. The SMILES string of the molecule is CC1(C)c2cc(-n3c4ccc(-c5ccccc5)cc4c4cc(-c5cc6ccccc6o5)ccc43)ccc2-c2c1ccc1c2sc2ccccc21. The molecule has 3 heterocycles. The average molecular weight is 658 g/mol. The van der Waals surface area contributed by atoms with Gasteiger partial charge in [-0.3, -0.25) is 0 Å². The summed E-state index contributed by atoms with van der Waals surface area (Å²) in [5.41, 5.74) is 13.4. The molecule has 7 aromatic carbocycles. The maximum absolute atomic E-state index is 6.35. The summed E-state index contributed by atoms with van der Waals surface area (Å²) in [5, 5.41) is 6.26. The van der Waals surface area contributed by atoms with E-state index in [-0.39, 0.29) is 5.41 Å². The van der Waals surface area contributed by atoms with E-state index in [0.717, 1.165) is 22.3 Å². The normalized spacial score (nSPS) is 13.6. The van der Waals surface area contributed by atoms with Crippen LogP contribution in [0, 0.1) is 0 Å². The van der Waals surface area contributed by atoms with Gasteiger partial charge in [-0.1, -0.05) is 105 Å². The second-order valence-corrected chi connectivity index (χ2v) is 15.2. The molecule has 0 saturated heterocycles. The topological polar surface area (TPSA) is 18.1 Å². The fraction of sp³-hybridized carbons (Fsp3) is 0.0638. The minimum absolute atomic E-state index is 0.126. The Hall–Kier alpha value is -5.90. The Morgan fingerprint density at radius 3 is 2.12 bits per heavy atom. The Kier molecular flexibility index (Phi) is 5.64. The van der Waals surface area contributed by atoms with Gasteiger partial charge in [-0.15, -0.1) is 11.3 Å². The molecule has 0 N–H and O–H groups in total. The van der Waals surface area contributed by atoms with Crippen LogP contribution in [0.25, 0.3) is 92.2 Å². The molecule has 0 unspecified atom stereocenters. The predicted octanol–water partition coefficient (Wildman–Crippen LogP) is 13.5. The van der Waals surface area contributed by atoms with Crippen molar-refractivity contribution < 1.29 is 4.42 Å². The Bertz CT molecular complexity index is 2970. The van der Waals surface area contributed by atoms with Crippen molar-refractivity contribution in [1.82, 2.24) is 4.57 Å². The van der Waals surface area contributed by atoms with Gasteiger partial charge in [0.15, 0.2) is 0 Å². The third-order valence-electron chi connectivity index (χ3n) is 11.0. The number of para-hydroxylation sites is 1. The first-order valence-corrected chi connectivity index (χ1v) is 18.1. The van der Waals surface area contributed by atoms with Crippen LogP contribution in [-0.2, 0) is 5.41 Å². The minimum atomic E-state index is -0.126. The highest BCUT2D eigenvalue weighted by molar-refractivity contribution is 7.26. The standard InChI is InChI=1S/C47H31NOS/c1-47(2)38-21-20-34-33-13-7-9-15-44(33)50-46(34)45(38)35-19-18-32(27-39(35)47)48-40-22-16-29(28-10-4-3-5-11-28)24-36(40)37-25-31(17-23-41(37)48)43-26-30-12-6-8-14-42(30)49-43/h3-27H,1-2H3. The summed E-state index contributed by atoms with van der Waals surface area (Å²) in [6, 6.07) is 55.5. The molecule has 0 atom stereocenters. The summed E-state index contributed by atoms with van der Waals surface area (Å²) >= 11 is 1.92. The molecule has 0 aliphatic heterocycles. The highest BCUT2D eigenvalue weighted by atomic mass is 32.1. The number of furan rings is 1. The van der Waals surface area contributed by atoms with E-state index in [2.05, 4.69) is 158 Å². The molecule has 10 aromatic rings. The van der Waals surface area contributed by atoms with E-state index in [4.69, 9.17) is 4.42 Å². The molecule has 11 rings (SSSR count). The predicted molar refractivity (Wildman–Crippen MR) is 212 cm³/mol. The first-order valence-electron chi connectivity index (χ1n) is 17.3. The molecule has 0 spiro atoms. The van der Waals surface area contributed by atoms with Crippen molar-refractivity contribution in [2.24, 2.45) is 0 Å². The van der Waals surface area contributed by atoms with Crippen molar-refractivity contribution >= 4 is 64.3 Å². The molecule has 1 aliphatic rings. The molecule has 0 amide bonds. The van der Waals surface area contributed by atoms with E-state index in [1.165, 1.54) is 81.0 Å². The summed E-state index contributed by atoms with van der Waals surface area (Å²) in [5.74, 6) is 0.887.